The summed E-state index contributed by atoms with van der Waals surface area (Å²) in [6.07, 6.45) is 4.66. The molecule has 0 N–H and O–H groups in total. The first-order valence-corrected chi connectivity index (χ1v) is 8.18. The molecule has 0 radical (unpaired) electrons. The first-order valence-electron chi connectivity index (χ1n) is 8.18. The van der Waals surface area contributed by atoms with Gasteiger partial charge in [0.1, 0.15) is 11.5 Å². The fourth-order valence-electron chi connectivity index (χ4n) is 2.17. The zero-order valence-electron chi connectivity index (χ0n) is 13.8. The molecular weight excluding hydrogens is 302 g/mol. The molecule has 0 spiro atoms. The lowest BCUT2D eigenvalue weighted by atomic mass is 10.1. The number of nitrogens with zero attached hydrogens (tertiary/aromatic N) is 1. The molecule has 0 aromatic heterocycles. The highest BCUT2D eigenvalue weighted by Gasteiger charge is 2.08. The normalized spacial score (nSPS) is 10.0. The van der Waals surface area contributed by atoms with Gasteiger partial charge >= 0.3 is 5.97 Å². The smallest absolute Gasteiger partial charge is 0.343 e. The molecule has 24 heavy (non-hydrogen) atoms. The molecule has 0 atom stereocenters. The molecule has 4 heteroatoms. The zero-order valence-corrected chi connectivity index (χ0v) is 13.8. The summed E-state index contributed by atoms with van der Waals surface area (Å²) in [7, 11) is 0. The highest BCUT2D eigenvalue weighted by molar-refractivity contribution is 5.91. The molecule has 4 nitrogen and oxygen atoms in total. The second-order valence-electron chi connectivity index (χ2n) is 5.46. The van der Waals surface area contributed by atoms with E-state index in [0.717, 1.165) is 12.2 Å². The zero-order chi connectivity index (χ0) is 17.2. The number of hydrogen-bond acceptors (Lipinski definition) is 4. The Labute approximate surface area is 142 Å². The Balaban J connectivity index is 1.84. The van der Waals surface area contributed by atoms with Gasteiger partial charge in [-0.05, 0) is 55.0 Å². The maximum absolute atomic E-state index is 12.0. The summed E-state index contributed by atoms with van der Waals surface area (Å²) in [6.45, 7) is 2.88. The van der Waals surface area contributed by atoms with Crippen LogP contribution in [0, 0.1) is 11.3 Å². The Kier molecular flexibility index (Phi) is 6.85. The van der Waals surface area contributed by atoms with Crippen molar-refractivity contribution in [1.82, 2.24) is 0 Å². The third-order valence-corrected chi connectivity index (χ3v) is 3.55. The van der Waals surface area contributed by atoms with E-state index >= 15 is 0 Å². The number of hydrogen-bond donors (Lipinski definition) is 0. The van der Waals surface area contributed by atoms with Crippen molar-refractivity contribution in [2.45, 2.75) is 32.6 Å². The predicted molar refractivity (Wildman–Crippen MR) is 92.2 cm³/mol. The maximum Gasteiger partial charge on any atom is 0.343 e. The minimum atomic E-state index is -0.451. The molecule has 2 rings (SSSR count). The highest BCUT2D eigenvalue weighted by atomic mass is 16.5. The van der Waals surface area contributed by atoms with Gasteiger partial charge in [0.25, 0.3) is 0 Å². The van der Waals surface area contributed by atoms with Crippen molar-refractivity contribution in [3.8, 4) is 17.6 Å². The third-order valence-electron chi connectivity index (χ3n) is 3.55. The number of carbonyl (C=O) groups excluding carboxylic acids is 1. The van der Waals surface area contributed by atoms with Crippen LogP contribution in [0.5, 0.6) is 11.5 Å². The van der Waals surface area contributed by atoms with Gasteiger partial charge in [-0.1, -0.05) is 26.2 Å². The van der Waals surface area contributed by atoms with Crippen LogP contribution in [0.15, 0.2) is 48.5 Å². The average molecular weight is 323 g/mol. The minimum absolute atomic E-state index is 0.408. The highest BCUT2D eigenvalue weighted by Crippen LogP contribution is 2.19. The van der Waals surface area contributed by atoms with E-state index in [4.69, 9.17) is 14.7 Å². The molecule has 0 saturated carbocycles. The SMILES string of the molecule is CCCCCCOc1ccc(OC(=O)c2ccc(C#N)cc2)cc1. The number of benzene rings is 2. The van der Waals surface area contributed by atoms with Gasteiger partial charge < -0.3 is 9.47 Å². The van der Waals surface area contributed by atoms with E-state index in [1.54, 1.807) is 48.5 Å². The molecule has 0 amide bonds. The van der Waals surface area contributed by atoms with E-state index in [-0.39, 0.29) is 0 Å². The van der Waals surface area contributed by atoms with Gasteiger partial charge in [-0.3, -0.25) is 0 Å². The summed E-state index contributed by atoms with van der Waals surface area (Å²) < 4.78 is 11.0. The van der Waals surface area contributed by atoms with Crippen molar-refractivity contribution in [3.05, 3.63) is 59.7 Å². The standard InChI is InChI=1S/C20H21NO3/c1-2-3-4-5-14-23-18-10-12-19(13-11-18)24-20(22)17-8-6-16(15-21)7-9-17/h6-13H,2-5,14H2,1H3. The third kappa shape index (κ3) is 5.44. The number of ether oxygens (including phenoxy) is 2. The summed E-state index contributed by atoms with van der Waals surface area (Å²) >= 11 is 0. The van der Waals surface area contributed by atoms with Crippen molar-refractivity contribution in [2.24, 2.45) is 0 Å². The van der Waals surface area contributed by atoms with E-state index in [1.807, 2.05) is 6.07 Å². The Morgan fingerprint density at radius 3 is 2.25 bits per heavy atom. The molecule has 0 aliphatic carbocycles. The van der Waals surface area contributed by atoms with Crippen LogP contribution in [0.25, 0.3) is 0 Å². The molecule has 0 saturated heterocycles. The van der Waals surface area contributed by atoms with Crippen LogP contribution in [0.4, 0.5) is 0 Å². The van der Waals surface area contributed by atoms with Crippen LogP contribution < -0.4 is 9.47 Å². The lowest BCUT2D eigenvalue weighted by Gasteiger charge is -2.08. The quantitative estimate of drug-likeness (QED) is 0.400. The summed E-state index contributed by atoms with van der Waals surface area (Å²) in [5, 5.41) is 8.75. The van der Waals surface area contributed by atoms with Crippen molar-refractivity contribution in [2.75, 3.05) is 6.61 Å². The molecule has 2 aromatic carbocycles. The van der Waals surface area contributed by atoms with Gasteiger partial charge in [0.05, 0.1) is 23.8 Å². The largest absolute Gasteiger partial charge is 0.494 e. The lowest BCUT2D eigenvalue weighted by Crippen LogP contribution is -2.08. The molecular formula is C20H21NO3. The lowest BCUT2D eigenvalue weighted by molar-refractivity contribution is 0.0734. The Hall–Kier alpha value is -2.80. The number of unbranched alkanes of at least 4 members (excludes halogenated alkanes) is 3. The molecule has 0 fully saturated rings. The second kappa shape index (κ2) is 9.36. The molecule has 0 aliphatic rings. The molecule has 124 valence electrons. The van der Waals surface area contributed by atoms with Gasteiger partial charge in [-0.2, -0.15) is 5.26 Å². The first-order chi connectivity index (χ1) is 11.7. The Morgan fingerprint density at radius 1 is 0.958 bits per heavy atom. The number of nitriles is 1. The monoisotopic (exact) mass is 323 g/mol. The first kappa shape index (κ1) is 17.6. The van der Waals surface area contributed by atoms with Crippen LogP contribution in [0.1, 0.15) is 48.5 Å². The van der Waals surface area contributed by atoms with Crippen LogP contribution in [-0.2, 0) is 0 Å². The van der Waals surface area contributed by atoms with Gasteiger partial charge in [0.2, 0.25) is 0 Å². The number of esters is 1. The maximum atomic E-state index is 12.0. The van der Waals surface area contributed by atoms with Crippen LogP contribution in [0.3, 0.4) is 0 Å². The summed E-state index contributed by atoms with van der Waals surface area (Å²) in [5.41, 5.74) is 0.914. The van der Waals surface area contributed by atoms with E-state index < -0.39 is 5.97 Å². The Bertz CT molecular complexity index is 684. The summed E-state index contributed by atoms with van der Waals surface area (Å²) in [5.74, 6) is 0.778. The molecule has 0 unspecified atom stereocenters. The van der Waals surface area contributed by atoms with Crippen LogP contribution in [-0.4, -0.2) is 12.6 Å². The van der Waals surface area contributed by atoms with Crippen molar-refractivity contribution in [3.63, 3.8) is 0 Å². The second-order valence-corrected chi connectivity index (χ2v) is 5.46. The predicted octanol–water partition coefficient (Wildman–Crippen LogP) is 4.74. The topological polar surface area (TPSA) is 59.3 Å². The summed E-state index contributed by atoms with van der Waals surface area (Å²) in [4.78, 5) is 12.0. The molecule has 0 bridgehead atoms. The van der Waals surface area contributed by atoms with Gasteiger partial charge in [-0.15, -0.1) is 0 Å². The van der Waals surface area contributed by atoms with E-state index in [0.29, 0.717) is 23.5 Å². The fraction of sp³-hybridized carbons (Fsp3) is 0.300. The van der Waals surface area contributed by atoms with Gasteiger partial charge in [-0.25, -0.2) is 4.79 Å². The average Bonchev–Trinajstić information content (AvgIpc) is 2.63. The Morgan fingerprint density at radius 2 is 1.62 bits per heavy atom. The van der Waals surface area contributed by atoms with E-state index in [2.05, 4.69) is 6.92 Å². The molecule has 2 aromatic rings. The van der Waals surface area contributed by atoms with Crippen LogP contribution >= 0.6 is 0 Å². The van der Waals surface area contributed by atoms with Gasteiger partial charge in [0.15, 0.2) is 0 Å². The van der Waals surface area contributed by atoms with E-state index in [9.17, 15) is 4.79 Å². The minimum Gasteiger partial charge on any atom is -0.494 e. The number of carbonyl (C=O) groups is 1. The van der Waals surface area contributed by atoms with Gasteiger partial charge in [0, 0.05) is 0 Å². The molecule has 0 aliphatic heterocycles. The van der Waals surface area contributed by atoms with Crippen molar-refractivity contribution >= 4 is 5.97 Å². The van der Waals surface area contributed by atoms with Crippen molar-refractivity contribution < 1.29 is 14.3 Å². The van der Waals surface area contributed by atoms with Crippen molar-refractivity contribution in [1.29, 1.82) is 5.26 Å². The summed E-state index contributed by atoms with van der Waals surface area (Å²) in [6, 6.07) is 15.4. The van der Waals surface area contributed by atoms with Crippen LogP contribution in [0.2, 0.25) is 0 Å². The molecule has 0 heterocycles. The van der Waals surface area contributed by atoms with E-state index in [1.165, 1.54) is 19.3 Å². The fourth-order valence-corrected chi connectivity index (χ4v) is 2.17. The number of rotatable bonds is 8.